The standard InChI is InChI=1S/C25H25N3O/c1-4-22(25-27-26-24(29-25)20-14-9-6-10-15-20)28(3)23-17-11-16-21(18(23)2)19-12-7-5-8-13-19/h5-17,22H,4H2,1-3H3. The van der Waals surface area contributed by atoms with Gasteiger partial charge >= 0.3 is 0 Å². The van der Waals surface area contributed by atoms with Gasteiger partial charge in [-0.1, -0.05) is 67.6 Å². The van der Waals surface area contributed by atoms with Crippen molar-refractivity contribution in [1.82, 2.24) is 10.2 Å². The molecule has 0 radical (unpaired) electrons. The molecule has 3 aromatic carbocycles. The first-order chi connectivity index (χ1) is 14.2. The van der Waals surface area contributed by atoms with E-state index in [1.54, 1.807) is 0 Å². The van der Waals surface area contributed by atoms with Gasteiger partial charge in [0.25, 0.3) is 0 Å². The Kier molecular flexibility index (Phi) is 5.43. The summed E-state index contributed by atoms with van der Waals surface area (Å²) in [5, 5.41) is 8.64. The molecule has 0 saturated heterocycles. The van der Waals surface area contributed by atoms with Gasteiger partial charge in [-0.05, 0) is 48.2 Å². The molecule has 29 heavy (non-hydrogen) atoms. The predicted octanol–water partition coefficient (Wildman–Crippen LogP) is 6.30. The highest BCUT2D eigenvalue weighted by molar-refractivity contribution is 5.74. The van der Waals surface area contributed by atoms with Crippen LogP contribution in [0.5, 0.6) is 0 Å². The first kappa shape index (κ1) is 18.9. The van der Waals surface area contributed by atoms with Gasteiger partial charge in [-0.15, -0.1) is 10.2 Å². The summed E-state index contributed by atoms with van der Waals surface area (Å²) in [7, 11) is 2.09. The molecule has 1 heterocycles. The van der Waals surface area contributed by atoms with Gasteiger partial charge in [0.2, 0.25) is 11.8 Å². The van der Waals surface area contributed by atoms with Crippen molar-refractivity contribution in [3.8, 4) is 22.6 Å². The van der Waals surface area contributed by atoms with E-state index in [0.717, 1.165) is 17.7 Å². The molecule has 0 amide bonds. The Balaban J connectivity index is 1.67. The van der Waals surface area contributed by atoms with Crippen LogP contribution >= 0.6 is 0 Å². The largest absolute Gasteiger partial charge is 0.418 e. The van der Waals surface area contributed by atoms with Crippen LogP contribution in [0.15, 0.2) is 83.3 Å². The molecule has 1 unspecified atom stereocenters. The average molecular weight is 383 g/mol. The lowest BCUT2D eigenvalue weighted by Crippen LogP contribution is -2.24. The van der Waals surface area contributed by atoms with Gasteiger partial charge in [-0.2, -0.15) is 0 Å². The normalized spacial score (nSPS) is 12.0. The maximum Gasteiger partial charge on any atom is 0.247 e. The van der Waals surface area contributed by atoms with Gasteiger partial charge in [0.1, 0.15) is 6.04 Å². The van der Waals surface area contributed by atoms with E-state index in [2.05, 4.69) is 78.5 Å². The highest BCUT2D eigenvalue weighted by Gasteiger charge is 2.24. The summed E-state index contributed by atoms with van der Waals surface area (Å²) in [5.74, 6) is 1.19. The molecule has 4 rings (SSSR count). The zero-order valence-corrected chi connectivity index (χ0v) is 17.0. The number of anilines is 1. The summed E-state index contributed by atoms with van der Waals surface area (Å²) >= 11 is 0. The monoisotopic (exact) mass is 383 g/mol. The van der Waals surface area contributed by atoms with E-state index in [9.17, 15) is 0 Å². The van der Waals surface area contributed by atoms with Crippen molar-refractivity contribution in [1.29, 1.82) is 0 Å². The number of benzene rings is 3. The van der Waals surface area contributed by atoms with Crippen LogP contribution in [-0.4, -0.2) is 17.2 Å². The van der Waals surface area contributed by atoms with E-state index in [0.29, 0.717) is 11.8 Å². The smallest absolute Gasteiger partial charge is 0.247 e. The zero-order valence-electron chi connectivity index (χ0n) is 17.0. The predicted molar refractivity (Wildman–Crippen MR) is 118 cm³/mol. The van der Waals surface area contributed by atoms with Crippen LogP contribution in [0.1, 0.15) is 30.8 Å². The third kappa shape index (κ3) is 3.79. The van der Waals surface area contributed by atoms with Crippen LogP contribution < -0.4 is 4.90 Å². The summed E-state index contributed by atoms with van der Waals surface area (Å²) in [5.41, 5.74) is 5.80. The van der Waals surface area contributed by atoms with E-state index in [-0.39, 0.29) is 6.04 Å². The molecule has 146 valence electrons. The Morgan fingerprint density at radius 1 is 0.828 bits per heavy atom. The molecule has 4 nitrogen and oxygen atoms in total. The molecule has 0 bridgehead atoms. The minimum Gasteiger partial charge on any atom is -0.418 e. The third-order valence-corrected chi connectivity index (χ3v) is 5.37. The molecule has 0 aliphatic heterocycles. The molecule has 4 heteroatoms. The van der Waals surface area contributed by atoms with Crippen LogP contribution in [0.25, 0.3) is 22.6 Å². The van der Waals surface area contributed by atoms with Gasteiger partial charge in [-0.25, -0.2) is 0 Å². The summed E-state index contributed by atoms with van der Waals surface area (Å²) in [6.45, 7) is 4.31. The summed E-state index contributed by atoms with van der Waals surface area (Å²) in [4.78, 5) is 2.24. The van der Waals surface area contributed by atoms with Crippen LogP contribution in [0.4, 0.5) is 5.69 Å². The molecule has 4 aromatic rings. The SMILES string of the molecule is CCC(c1nnc(-c2ccccc2)o1)N(C)c1cccc(-c2ccccc2)c1C. The average Bonchev–Trinajstić information content (AvgIpc) is 3.25. The molecule has 1 aromatic heterocycles. The highest BCUT2D eigenvalue weighted by atomic mass is 16.4. The van der Waals surface area contributed by atoms with Crippen LogP contribution in [0.3, 0.4) is 0 Å². The van der Waals surface area contributed by atoms with Crippen molar-refractivity contribution in [3.63, 3.8) is 0 Å². The van der Waals surface area contributed by atoms with E-state index in [4.69, 9.17) is 4.42 Å². The van der Waals surface area contributed by atoms with Gasteiger partial charge in [0.05, 0.1) is 0 Å². The Hall–Kier alpha value is -3.40. The van der Waals surface area contributed by atoms with Crippen molar-refractivity contribution in [3.05, 3.63) is 90.3 Å². The number of rotatable bonds is 6. The van der Waals surface area contributed by atoms with Gasteiger partial charge < -0.3 is 9.32 Å². The molecule has 0 fully saturated rings. The Bertz CT molecular complexity index is 1070. The van der Waals surface area contributed by atoms with Crippen molar-refractivity contribution in [2.45, 2.75) is 26.3 Å². The zero-order chi connectivity index (χ0) is 20.2. The molecule has 0 saturated carbocycles. The van der Waals surface area contributed by atoms with E-state index in [1.807, 2.05) is 36.4 Å². The van der Waals surface area contributed by atoms with Crippen LogP contribution in [-0.2, 0) is 0 Å². The Morgan fingerprint density at radius 2 is 1.48 bits per heavy atom. The van der Waals surface area contributed by atoms with Crippen LogP contribution in [0, 0.1) is 6.92 Å². The first-order valence-electron chi connectivity index (χ1n) is 9.95. The molecular weight excluding hydrogens is 358 g/mol. The second kappa shape index (κ2) is 8.31. The van der Waals surface area contributed by atoms with Crippen molar-refractivity contribution in [2.24, 2.45) is 0 Å². The summed E-state index contributed by atoms with van der Waals surface area (Å²) in [6.07, 6.45) is 0.863. The second-order valence-corrected chi connectivity index (χ2v) is 7.16. The summed E-state index contributed by atoms with van der Waals surface area (Å²) < 4.78 is 6.06. The maximum absolute atomic E-state index is 6.06. The second-order valence-electron chi connectivity index (χ2n) is 7.16. The van der Waals surface area contributed by atoms with E-state index >= 15 is 0 Å². The minimum absolute atomic E-state index is 0.00434. The number of nitrogens with zero attached hydrogens (tertiary/aromatic N) is 3. The topological polar surface area (TPSA) is 42.2 Å². The fraction of sp³-hybridized carbons (Fsp3) is 0.200. The molecule has 0 N–H and O–H groups in total. The number of hydrogen-bond acceptors (Lipinski definition) is 4. The van der Waals surface area contributed by atoms with Crippen molar-refractivity contribution in [2.75, 3.05) is 11.9 Å². The minimum atomic E-state index is 0.00434. The molecule has 0 aliphatic rings. The molecule has 0 aliphatic carbocycles. The van der Waals surface area contributed by atoms with Crippen molar-refractivity contribution >= 4 is 5.69 Å². The molecular formula is C25H25N3O. The lowest BCUT2D eigenvalue weighted by Gasteiger charge is -2.29. The maximum atomic E-state index is 6.06. The third-order valence-electron chi connectivity index (χ3n) is 5.37. The molecule has 1 atom stereocenters. The highest BCUT2D eigenvalue weighted by Crippen LogP contribution is 2.35. The van der Waals surface area contributed by atoms with E-state index in [1.165, 1.54) is 16.7 Å². The van der Waals surface area contributed by atoms with Crippen LogP contribution in [0.2, 0.25) is 0 Å². The van der Waals surface area contributed by atoms with Crippen molar-refractivity contribution < 1.29 is 4.42 Å². The lowest BCUT2D eigenvalue weighted by atomic mass is 9.98. The van der Waals surface area contributed by atoms with E-state index < -0.39 is 0 Å². The quantitative estimate of drug-likeness (QED) is 0.392. The summed E-state index contributed by atoms with van der Waals surface area (Å²) in [6, 6.07) is 26.8. The fourth-order valence-corrected chi connectivity index (χ4v) is 3.78. The fourth-order valence-electron chi connectivity index (χ4n) is 3.78. The van der Waals surface area contributed by atoms with Gasteiger partial charge in [0, 0.05) is 18.3 Å². The first-order valence-corrected chi connectivity index (χ1v) is 9.95. The Morgan fingerprint density at radius 3 is 2.14 bits per heavy atom. The lowest BCUT2D eigenvalue weighted by molar-refractivity contribution is 0.442. The van der Waals surface area contributed by atoms with Gasteiger partial charge in [-0.3, -0.25) is 0 Å². The number of hydrogen-bond donors (Lipinski definition) is 0. The van der Waals surface area contributed by atoms with Gasteiger partial charge in [0.15, 0.2) is 0 Å². The number of aromatic nitrogens is 2. The molecule has 0 spiro atoms. The Labute approximate surface area is 171 Å².